The molecule has 1 aliphatic heterocycles. The van der Waals surface area contributed by atoms with Crippen LogP contribution in [0.5, 0.6) is 0 Å². The van der Waals surface area contributed by atoms with E-state index in [2.05, 4.69) is 49.5 Å². The highest BCUT2D eigenvalue weighted by Gasteiger charge is 2.30. The second-order valence-electron chi connectivity index (χ2n) is 5.40. The van der Waals surface area contributed by atoms with Gasteiger partial charge in [-0.15, -0.1) is 11.8 Å². The number of nitrogens with one attached hydrogen (secondary N) is 1. The van der Waals surface area contributed by atoms with Crippen molar-refractivity contribution in [2.75, 3.05) is 18.8 Å². The molecular formula is C15H23NOS. The number of hydrogen-bond donors (Lipinski definition) is 1. The van der Waals surface area contributed by atoms with Gasteiger partial charge < -0.3 is 10.1 Å². The minimum absolute atomic E-state index is 0.0884. The number of hydrogen-bond acceptors (Lipinski definition) is 3. The lowest BCUT2D eigenvalue weighted by atomic mass is 10.1. The minimum atomic E-state index is 0.0884. The number of benzene rings is 1. The van der Waals surface area contributed by atoms with Crippen LogP contribution in [0.25, 0.3) is 0 Å². The molecule has 18 heavy (non-hydrogen) atoms. The van der Waals surface area contributed by atoms with Crippen molar-refractivity contribution in [2.45, 2.75) is 43.3 Å². The monoisotopic (exact) mass is 265 g/mol. The van der Waals surface area contributed by atoms with E-state index >= 15 is 0 Å². The molecule has 2 nitrogen and oxygen atoms in total. The van der Waals surface area contributed by atoms with Crippen LogP contribution < -0.4 is 5.32 Å². The van der Waals surface area contributed by atoms with Crippen LogP contribution in [0.1, 0.15) is 26.7 Å². The third-order valence-corrected chi connectivity index (χ3v) is 4.23. The molecule has 0 aromatic heterocycles. The van der Waals surface area contributed by atoms with Crippen molar-refractivity contribution >= 4 is 11.8 Å². The zero-order chi connectivity index (χ0) is 12.8. The maximum Gasteiger partial charge on any atom is 0.0707 e. The second kappa shape index (κ2) is 6.60. The highest BCUT2D eigenvalue weighted by atomic mass is 32.2. The fourth-order valence-corrected chi connectivity index (χ4v) is 3.07. The SMILES string of the molecule is CC1(C)CCC(CNCCSc2ccccc2)O1. The van der Waals surface area contributed by atoms with Crippen LogP contribution in [-0.2, 0) is 4.74 Å². The van der Waals surface area contributed by atoms with E-state index in [1.807, 2.05) is 11.8 Å². The fraction of sp³-hybridized carbons (Fsp3) is 0.600. The summed E-state index contributed by atoms with van der Waals surface area (Å²) >= 11 is 1.90. The highest BCUT2D eigenvalue weighted by Crippen LogP contribution is 2.28. The fourth-order valence-electron chi connectivity index (χ4n) is 2.24. The molecule has 1 saturated heterocycles. The van der Waals surface area contributed by atoms with Gasteiger partial charge in [-0.05, 0) is 38.8 Å². The molecule has 0 bridgehead atoms. The molecule has 1 fully saturated rings. The lowest BCUT2D eigenvalue weighted by Crippen LogP contribution is -2.30. The van der Waals surface area contributed by atoms with Crippen LogP contribution in [0.2, 0.25) is 0 Å². The van der Waals surface area contributed by atoms with Crippen LogP contribution in [0.3, 0.4) is 0 Å². The van der Waals surface area contributed by atoms with Crippen molar-refractivity contribution in [3.8, 4) is 0 Å². The largest absolute Gasteiger partial charge is 0.371 e. The molecule has 0 aliphatic carbocycles. The summed E-state index contributed by atoms with van der Waals surface area (Å²) in [6.45, 7) is 6.38. The van der Waals surface area contributed by atoms with E-state index in [-0.39, 0.29) is 5.60 Å². The molecule has 1 aliphatic rings. The smallest absolute Gasteiger partial charge is 0.0707 e. The summed E-state index contributed by atoms with van der Waals surface area (Å²) in [4.78, 5) is 1.34. The van der Waals surface area contributed by atoms with Gasteiger partial charge in [-0.2, -0.15) is 0 Å². The van der Waals surface area contributed by atoms with Gasteiger partial charge in [-0.25, -0.2) is 0 Å². The van der Waals surface area contributed by atoms with Crippen molar-refractivity contribution in [1.82, 2.24) is 5.32 Å². The standard InChI is InChI=1S/C15H23NOS/c1-15(2)9-8-13(17-15)12-16-10-11-18-14-6-4-3-5-7-14/h3-7,13,16H,8-12H2,1-2H3. The van der Waals surface area contributed by atoms with Gasteiger partial charge in [-0.3, -0.25) is 0 Å². The molecule has 1 atom stereocenters. The first-order chi connectivity index (χ1) is 8.66. The molecule has 0 spiro atoms. The Morgan fingerprint density at radius 1 is 1.33 bits per heavy atom. The molecule has 1 aromatic carbocycles. The van der Waals surface area contributed by atoms with E-state index in [9.17, 15) is 0 Å². The highest BCUT2D eigenvalue weighted by molar-refractivity contribution is 7.99. The van der Waals surface area contributed by atoms with Gasteiger partial charge in [0.05, 0.1) is 11.7 Å². The van der Waals surface area contributed by atoms with E-state index in [1.165, 1.54) is 17.7 Å². The zero-order valence-corrected chi connectivity index (χ0v) is 12.1. The molecule has 1 N–H and O–H groups in total. The summed E-state index contributed by atoms with van der Waals surface area (Å²) in [7, 11) is 0. The Kier molecular flexibility index (Phi) is 5.10. The van der Waals surface area contributed by atoms with Crippen LogP contribution >= 0.6 is 11.8 Å². The van der Waals surface area contributed by atoms with Crippen LogP contribution in [-0.4, -0.2) is 30.5 Å². The van der Waals surface area contributed by atoms with Crippen molar-refractivity contribution in [1.29, 1.82) is 0 Å². The lowest BCUT2D eigenvalue weighted by Gasteiger charge is -2.19. The van der Waals surface area contributed by atoms with Crippen molar-refractivity contribution in [3.63, 3.8) is 0 Å². The number of rotatable bonds is 6. The second-order valence-corrected chi connectivity index (χ2v) is 6.57. The molecule has 3 heteroatoms. The zero-order valence-electron chi connectivity index (χ0n) is 11.3. The minimum Gasteiger partial charge on any atom is -0.371 e. The molecule has 1 heterocycles. The third-order valence-electron chi connectivity index (χ3n) is 3.22. The van der Waals surface area contributed by atoms with Crippen molar-refractivity contribution in [3.05, 3.63) is 30.3 Å². The molecule has 1 aromatic rings. The first kappa shape index (κ1) is 13.9. The first-order valence-corrected chi connectivity index (χ1v) is 7.71. The quantitative estimate of drug-likeness (QED) is 0.630. The summed E-state index contributed by atoms with van der Waals surface area (Å²) in [5.74, 6) is 1.11. The maximum atomic E-state index is 5.94. The normalized spacial score (nSPS) is 22.2. The Hall–Kier alpha value is -0.510. The third kappa shape index (κ3) is 4.63. The summed E-state index contributed by atoms with van der Waals surface area (Å²) in [5, 5.41) is 3.49. The summed E-state index contributed by atoms with van der Waals surface area (Å²) in [6.07, 6.45) is 2.77. The Morgan fingerprint density at radius 3 is 2.78 bits per heavy atom. The van der Waals surface area contributed by atoms with Gasteiger partial charge in [-0.1, -0.05) is 18.2 Å². The number of thioether (sulfide) groups is 1. The first-order valence-electron chi connectivity index (χ1n) is 6.72. The average molecular weight is 265 g/mol. The summed E-state index contributed by atoms with van der Waals surface area (Å²) in [5.41, 5.74) is 0.0884. The van der Waals surface area contributed by atoms with E-state index < -0.39 is 0 Å². The van der Waals surface area contributed by atoms with Crippen LogP contribution in [0.15, 0.2) is 35.2 Å². The molecule has 0 radical (unpaired) electrons. The molecule has 1 unspecified atom stereocenters. The topological polar surface area (TPSA) is 21.3 Å². The maximum absolute atomic E-state index is 5.94. The lowest BCUT2D eigenvalue weighted by molar-refractivity contribution is -0.0139. The Balaban J connectivity index is 1.54. The Labute approximate surface area is 114 Å². The molecule has 100 valence electrons. The van der Waals surface area contributed by atoms with Gasteiger partial charge in [0.25, 0.3) is 0 Å². The summed E-state index contributed by atoms with van der Waals surface area (Å²) in [6, 6.07) is 10.6. The van der Waals surface area contributed by atoms with E-state index in [0.717, 1.165) is 18.8 Å². The van der Waals surface area contributed by atoms with Gasteiger partial charge >= 0.3 is 0 Å². The summed E-state index contributed by atoms with van der Waals surface area (Å²) < 4.78 is 5.94. The molecule has 0 saturated carbocycles. The van der Waals surface area contributed by atoms with Gasteiger partial charge in [0, 0.05) is 23.7 Å². The van der Waals surface area contributed by atoms with Gasteiger partial charge in [0.1, 0.15) is 0 Å². The average Bonchev–Trinajstić information content (AvgIpc) is 2.70. The predicted molar refractivity (Wildman–Crippen MR) is 78.2 cm³/mol. The number of ether oxygens (including phenoxy) is 1. The van der Waals surface area contributed by atoms with E-state index in [1.54, 1.807) is 0 Å². The van der Waals surface area contributed by atoms with Crippen molar-refractivity contribution < 1.29 is 4.74 Å². The Bertz CT molecular complexity index is 353. The molecule has 2 rings (SSSR count). The van der Waals surface area contributed by atoms with Gasteiger partial charge in [0.2, 0.25) is 0 Å². The molecular weight excluding hydrogens is 242 g/mol. The predicted octanol–water partition coefficient (Wildman–Crippen LogP) is 3.33. The van der Waals surface area contributed by atoms with E-state index in [4.69, 9.17) is 4.74 Å². The van der Waals surface area contributed by atoms with Crippen LogP contribution in [0, 0.1) is 0 Å². The van der Waals surface area contributed by atoms with Crippen LogP contribution in [0.4, 0.5) is 0 Å². The molecule has 0 amide bonds. The van der Waals surface area contributed by atoms with Gasteiger partial charge in [0.15, 0.2) is 0 Å². The Morgan fingerprint density at radius 2 is 2.11 bits per heavy atom. The van der Waals surface area contributed by atoms with Crippen molar-refractivity contribution in [2.24, 2.45) is 0 Å². The van der Waals surface area contributed by atoms with E-state index in [0.29, 0.717) is 6.10 Å².